The molecule has 0 amide bonds. The van der Waals surface area contributed by atoms with Crippen LogP contribution in [0.25, 0.3) is 0 Å². The molecule has 0 atom stereocenters. The van der Waals surface area contributed by atoms with Crippen molar-refractivity contribution in [2.45, 2.75) is 6.54 Å². The lowest BCUT2D eigenvalue weighted by atomic mass is 10.3. The van der Waals surface area contributed by atoms with Gasteiger partial charge >= 0.3 is 0 Å². The maximum Gasteiger partial charge on any atom is 0.237 e. The summed E-state index contributed by atoms with van der Waals surface area (Å²) >= 11 is 0. The van der Waals surface area contributed by atoms with E-state index in [9.17, 15) is 0 Å². The number of pyridine rings is 1. The molecular formula is C10H12N4O. The first-order chi connectivity index (χ1) is 7.40. The first-order valence-electron chi connectivity index (χ1n) is 4.61. The predicted molar refractivity (Wildman–Crippen MR) is 56.7 cm³/mol. The molecule has 0 radical (unpaired) electrons. The van der Waals surface area contributed by atoms with E-state index >= 15 is 0 Å². The molecule has 0 aliphatic carbocycles. The van der Waals surface area contributed by atoms with E-state index in [4.69, 9.17) is 4.74 Å². The summed E-state index contributed by atoms with van der Waals surface area (Å²) in [5, 5.41) is 9.94. The van der Waals surface area contributed by atoms with Crippen LogP contribution in [-0.4, -0.2) is 22.3 Å². The fraction of sp³-hybridized carbons (Fsp3) is 0.200. The largest absolute Gasteiger partial charge is 0.480 e. The zero-order valence-electron chi connectivity index (χ0n) is 8.40. The monoisotopic (exact) mass is 204 g/mol. The molecule has 78 valence electrons. The van der Waals surface area contributed by atoms with Crippen LogP contribution in [0.1, 0.15) is 5.69 Å². The number of hydrogen-bond acceptors (Lipinski definition) is 4. The number of hydrogen-bond donors (Lipinski definition) is 2. The van der Waals surface area contributed by atoms with E-state index in [1.54, 1.807) is 19.5 Å². The number of aromatic amines is 1. The lowest BCUT2D eigenvalue weighted by Crippen LogP contribution is -2.02. The molecule has 2 heterocycles. The van der Waals surface area contributed by atoms with Gasteiger partial charge in [-0.2, -0.15) is 5.10 Å². The zero-order chi connectivity index (χ0) is 10.5. The first kappa shape index (κ1) is 9.51. The average Bonchev–Trinajstić information content (AvgIpc) is 2.79. The topological polar surface area (TPSA) is 62.8 Å². The van der Waals surface area contributed by atoms with E-state index in [1.165, 1.54) is 0 Å². The Kier molecular flexibility index (Phi) is 2.82. The van der Waals surface area contributed by atoms with Crippen molar-refractivity contribution < 1.29 is 4.74 Å². The van der Waals surface area contributed by atoms with Crippen LogP contribution >= 0.6 is 0 Å². The Morgan fingerprint density at radius 2 is 2.33 bits per heavy atom. The van der Waals surface area contributed by atoms with Gasteiger partial charge in [0.2, 0.25) is 5.88 Å². The van der Waals surface area contributed by atoms with Crippen molar-refractivity contribution in [1.82, 2.24) is 15.2 Å². The molecule has 0 aliphatic heterocycles. The predicted octanol–water partition coefficient (Wildman–Crippen LogP) is 1.43. The molecule has 0 saturated heterocycles. The SMILES string of the molecule is COc1ncccc1NCc1ccn[nH]1. The van der Waals surface area contributed by atoms with Gasteiger partial charge in [0.05, 0.1) is 25.0 Å². The number of methoxy groups -OCH3 is 1. The second-order valence-corrected chi connectivity index (χ2v) is 3.00. The van der Waals surface area contributed by atoms with Crippen LogP contribution in [0.15, 0.2) is 30.6 Å². The van der Waals surface area contributed by atoms with Gasteiger partial charge in [0, 0.05) is 12.4 Å². The summed E-state index contributed by atoms with van der Waals surface area (Å²) in [7, 11) is 1.60. The number of nitrogens with one attached hydrogen (secondary N) is 2. The van der Waals surface area contributed by atoms with Gasteiger partial charge in [-0.1, -0.05) is 0 Å². The van der Waals surface area contributed by atoms with Crippen LogP contribution in [0.2, 0.25) is 0 Å². The number of ether oxygens (including phenoxy) is 1. The Balaban J connectivity index is 2.04. The number of anilines is 1. The highest BCUT2D eigenvalue weighted by atomic mass is 16.5. The first-order valence-corrected chi connectivity index (χ1v) is 4.61. The minimum atomic E-state index is 0.594. The van der Waals surface area contributed by atoms with E-state index in [0.29, 0.717) is 12.4 Å². The van der Waals surface area contributed by atoms with E-state index in [0.717, 1.165) is 11.4 Å². The molecule has 2 aromatic heterocycles. The van der Waals surface area contributed by atoms with Crippen LogP contribution < -0.4 is 10.1 Å². The average molecular weight is 204 g/mol. The van der Waals surface area contributed by atoms with E-state index in [1.807, 2.05) is 18.2 Å². The molecule has 0 aromatic carbocycles. The molecule has 5 nitrogen and oxygen atoms in total. The molecule has 0 unspecified atom stereocenters. The molecule has 0 saturated carbocycles. The number of aromatic nitrogens is 3. The van der Waals surface area contributed by atoms with Crippen LogP contribution in [-0.2, 0) is 6.54 Å². The normalized spacial score (nSPS) is 9.93. The van der Waals surface area contributed by atoms with Crippen LogP contribution in [0.4, 0.5) is 5.69 Å². The smallest absolute Gasteiger partial charge is 0.237 e. The van der Waals surface area contributed by atoms with Gasteiger partial charge in [0.1, 0.15) is 0 Å². The molecule has 15 heavy (non-hydrogen) atoms. The van der Waals surface area contributed by atoms with Crippen molar-refractivity contribution >= 4 is 5.69 Å². The molecule has 5 heteroatoms. The van der Waals surface area contributed by atoms with Gasteiger partial charge in [0.15, 0.2) is 0 Å². The van der Waals surface area contributed by atoms with Gasteiger partial charge in [-0.3, -0.25) is 5.10 Å². The Hall–Kier alpha value is -2.04. The minimum Gasteiger partial charge on any atom is -0.480 e. The highest BCUT2D eigenvalue weighted by molar-refractivity contribution is 5.51. The maximum atomic E-state index is 5.12. The Morgan fingerprint density at radius 1 is 1.40 bits per heavy atom. The lowest BCUT2D eigenvalue weighted by molar-refractivity contribution is 0.399. The fourth-order valence-corrected chi connectivity index (χ4v) is 1.26. The molecule has 0 fully saturated rings. The van der Waals surface area contributed by atoms with Crippen molar-refractivity contribution in [3.8, 4) is 5.88 Å². The third-order valence-electron chi connectivity index (χ3n) is 1.99. The summed E-state index contributed by atoms with van der Waals surface area (Å²) in [5.74, 6) is 0.594. The van der Waals surface area contributed by atoms with Gasteiger partial charge in [-0.25, -0.2) is 4.98 Å². The summed E-state index contributed by atoms with van der Waals surface area (Å²) in [6.07, 6.45) is 3.41. The van der Waals surface area contributed by atoms with E-state index in [-0.39, 0.29) is 0 Å². The van der Waals surface area contributed by atoms with Crippen molar-refractivity contribution in [2.75, 3.05) is 12.4 Å². The van der Waals surface area contributed by atoms with Crippen LogP contribution in [0.5, 0.6) is 5.88 Å². The minimum absolute atomic E-state index is 0.594. The van der Waals surface area contributed by atoms with Gasteiger partial charge in [-0.05, 0) is 18.2 Å². The summed E-state index contributed by atoms with van der Waals surface area (Å²) in [5.41, 5.74) is 1.88. The van der Waals surface area contributed by atoms with E-state index < -0.39 is 0 Å². The number of H-pyrrole nitrogens is 1. The van der Waals surface area contributed by atoms with Gasteiger partial charge in [-0.15, -0.1) is 0 Å². The molecule has 0 spiro atoms. The molecule has 2 N–H and O–H groups in total. The second kappa shape index (κ2) is 4.45. The third kappa shape index (κ3) is 2.25. The standard InChI is InChI=1S/C10H12N4O/c1-15-10-9(3-2-5-11-10)12-7-8-4-6-13-14-8/h2-6,12H,7H2,1H3,(H,13,14). The highest BCUT2D eigenvalue weighted by Gasteiger charge is 2.02. The van der Waals surface area contributed by atoms with Crippen molar-refractivity contribution in [2.24, 2.45) is 0 Å². The molecule has 2 aromatic rings. The quantitative estimate of drug-likeness (QED) is 0.790. The summed E-state index contributed by atoms with van der Waals surface area (Å²) < 4.78 is 5.12. The maximum absolute atomic E-state index is 5.12. The van der Waals surface area contributed by atoms with Gasteiger partial charge < -0.3 is 10.1 Å². The second-order valence-electron chi connectivity index (χ2n) is 3.00. The molecule has 2 rings (SSSR count). The third-order valence-corrected chi connectivity index (χ3v) is 1.99. The van der Waals surface area contributed by atoms with Crippen molar-refractivity contribution in [3.05, 3.63) is 36.3 Å². The number of rotatable bonds is 4. The Labute approximate surface area is 87.5 Å². The Bertz CT molecular complexity index is 413. The van der Waals surface area contributed by atoms with Crippen molar-refractivity contribution in [1.29, 1.82) is 0 Å². The summed E-state index contributed by atoms with van der Waals surface area (Å²) in [6.45, 7) is 0.669. The lowest BCUT2D eigenvalue weighted by Gasteiger charge is -2.08. The van der Waals surface area contributed by atoms with Gasteiger partial charge in [0.25, 0.3) is 0 Å². The molecule has 0 aliphatic rings. The van der Waals surface area contributed by atoms with E-state index in [2.05, 4.69) is 20.5 Å². The fourth-order valence-electron chi connectivity index (χ4n) is 1.26. The number of nitrogens with zero attached hydrogens (tertiary/aromatic N) is 2. The highest BCUT2D eigenvalue weighted by Crippen LogP contribution is 2.19. The summed E-state index contributed by atoms with van der Waals surface area (Å²) in [4.78, 5) is 4.09. The van der Waals surface area contributed by atoms with Crippen LogP contribution in [0.3, 0.4) is 0 Å². The Morgan fingerprint density at radius 3 is 3.07 bits per heavy atom. The molecule has 0 bridgehead atoms. The summed E-state index contributed by atoms with van der Waals surface area (Å²) in [6, 6.07) is 5.69. The zero-order valence-corrected chi connectivity index (χ0v) is 8.40. The molecular weight excluding hydrogens is 192 g/mol. The van der Waals surface area contributed by atoms with Crippen LogP contribution in [0, 0.1) is 0 Å². The van der Waals surface area contributed by atoms with Crippen molar-refractivity contribution in [3.63, 3.8) is 0 Å².